The van der Waals surface area contributed by atoms with Crippen molar-refractivity contribution < 1.29 is 27.2 Å². The fourth-order valence-corrected chi connectivity index (χ4v) is 3.41. The smallest absolute Gasteiger partial charge is 0.357 e. The van der Waals surface area contributed by atoms with Crippen LogP contribution < -0.4 is 10.2 Å². The number of alkyl halides is 3. The normalized spacial score (nSPS) is 11.9. The second kappa shape index (κ2) is 10.7. The number of amides is 1. The molecule has 0 saturated carbocycles. The third kappa shape index (κ3) is 7.31. The van der Waals surface area contributed by atoms with Gasteiger partial charge in [0.2, 0.25) is 0 Å². The summed E-state index contributed by atoms with van der Waals surface area (Å²) >= 11 is 6.01. The van der Waals surface area contributed by atoms with E-state index >= 15 is 0 Å². The van der Waals surface area contributed by atoms with E-state index in [4.69, 9.17) is 16.4 Å². The van der Waals surface area contributed by atoms with Crippen LogP contribution in [0.4, 0.5) is 23.2 Å². The molecule has 0 aromatic heterocycles. The summed E-state index contributed by atoms with van der Waals surface area (Å²) in [6, 6.07) is 14.8. The summed E-state index contributed by atoms with van der Waals surface area (Å²) < 4.78 is 52.3. The molecule has 34 heavy (non-hydrogen) atoms. The van der Waals surface area contributed by atoms with Crippen LogP contribution in [0.3, 0.4) is 0 Å². The molecule has 0 bridgehead atoms. The predicted octanol–water partition coefficient (Wildman–Crippen LogP) is 7.47. The van der Waals surface area contributed by atoms with Gasteiger partial charge in [-0.1, -0.05) is 35.0 Å². The van der Waals surface area contributed by atoms with E-state index in [9.17, 15) is 22.4 Å². The van der Waals surface area contributed by atoms with Crippen molar-refractivity contribution in [2.24, 2.45) is 5.16 Å². The summed E-state index contributed by atoms with van der Waals surface area (Å²) in [5.41, 5.74) is 2.29. The van der Waals surface area contributed by atoms with E-state index < -0.39 is 30.7 Å². The van der Waals surface area contributed by atoms with E-state index in [1.807, 2.05) is 0 Å². The van der Waals surface area contributed by atoms with Crippen LogP contribution in [0.1, 0.15) is 39.9 Å². The molecule has 0 heterocycles. The Morgan fingerprint density at radius 1 is 1.03 bits per heavy atom. The molecule has 3 rings (SSSR count). The average Bonchev–Trinajstić information content (AvgIpc) is 2.74. The van der Waals surface area contributed by atoms with Crippen LogP contribution in [-0.2, 0) is 0 Å². The number of aryl methyl sites for hydroxylation is 2. The monoisotopic (exact) mass is 492 g/mol. The van der Waals surface area contributed by atoms with Crippen molar-refractivity contribution in [3.8, 4) is 5.75 Å². The second-order valence-corrected chi connectivity index (χ2v) is 8.14. The van der Waals surface area contributed by atoms with Gasteiger partial charge in [-0.3, -0.25) is 4.79 Å². The number of rotatable bonds is 7. The number of anilines is 1. The van der Waals surface area contributed by atoms with Crippen molar-refractivity contribution in [2.45, 2.75) is 32.9 Å². The largest absolute Gasteiger partial charge is 0.389 e. The van der Waals surface area contributed by atoms with E-state index in [0.717, 1.165) is 11.6 Å². The molecule has 0 fully saturated rings. The standard InChI is InChI=1S/C25H21ClF4N2O2/c1-15-10-19(26)14-21(11-15)34-32-22(8-9-25(28,29)30)17-7-6-16(2)23(13-17)31-24(33)18-4-3-5-20(27)12-18/h3-7,10-14H,8-9H2,1-2H3,(H,31,33)/b32-22+. The van der Waals surface area contributed by atoms with Crippen molar-refractivity contribution >= 4 is 28.9 Å². The number of oxime groups is 1. The topological polar surface area (TPSA) is 50.7 Å². The molecule has 4 nitrogen and oxygen atoms in total. The lowest BCUT2D eigenvalue weighted by atomic mass is 10.0. The fraction of sp³-hybridized carbons (Fsp3) is 0.200. The number of nitrogens with one attached hydrogen (secondary N) is 1. The summed E-state index contributed by atoms with van der Waals surface area (Å²) in [6.07, 6.45) is -5.95. The maximum Gasteiger partial charge on any atom is 0.389 e. The molecule has 178 valence electrons. The average molecular weight is 493 g/mol. The number of hydrogen-bond acceptors (Lipinski definition) is 3. The zero-order valence-electron chi connectivity index (χ0n) is 18.3. The molecule has 0 radical (unpaired) electrons. The molecule has 1 amide bonds. The number of benzene rings is 3. The van der Waals surface area contributed by atoms with Gasteiger partial charge < -0.3 is 10.2 Å². The first-order valence-corrected chi connectivity index (χ1v) is 10.6. The third-order valence-electron chi connectivity index (χ3n) is 4.83. The minimum atomic E-state index is -4.40. The van der Waals surface area contributed by atoms with Crippen molar-refractivity contribution in [1.29, 1.82) is 0 Å². The van der Waals surface area contributed by atoms with Gasteiger partial charge in [0.25, 0.3) is 5.91 Å². The summed E-state index contributed by atoms with van der Waals surface area (Å²) in [7, 11) is 0. The lowest BCUT2D eigenvalue weighted by molar-refractivity contribution is -0.132. The number of halogens is 5. The van der Waals surface area contributed by atoms with Crippen LogP contribution in [-0.4, -0.2) is 17.8 Å². The summed E-state index contributed by atoms with van der Waals surface area (Å²) in [5, 5.41) is 7.04. The number of carbonyl (C=O) groups is 1. The molecule has 1 N–H and O–H groups in total. The molecule has 0 unspecified atom stereocenters. The van der Waals surface area contributed by atoms with Crippen LogP contribution in [0.15, 0.2) is 65.8 Å². The minimum absolute atomic E-state index is 0.0382. The zero-order chi connectivity index (χ0) is 24.9. The molecule has 0 spiro atoms. The highest BCUT2D eigenvalue weighted by atomic mass is 35.5. The highest BCUT2D eigenvalue weighted by Crippen LogP contribution is 2.26. The molecule has 3 aromatic carbocycles. The van der Waals surface area contributed by atoms with Crippen molar-refractivity contribution in [3.05, 3.63) is 93.8 Å². The third-order valence-corrected chi connectivity index (χ3v) is 5.05. The summed E-state index contributed by atoms with van der Waals surface area (Å²) in [4.78, 5) is 17.9. The Bertz CT molecular complexity index is 1210. The Morgan fingerprint density at radius 3 is 2.47 bits per heavy atom. The van der Waals surface area contributed by atoms with E-state index in [1.54, 1.807) is 38.1 Å². The van der Waals surface area contributed by atoms with Crippen LogP contribution in [0.5, 0.6) is 5.75 Å². The summed E-state index contributed by atoms with van der Waals surface area (Å²) in [5.74, 6) is -0.839. The zero-order valence-corrected chi connectivity index (χ0v) is 19.1. The molecular formula is C25H21ClF4N2O2. The molecule has 0 aliphatic rings. The van der Waals surface area contributed by atoms with Crippen LogP contribution in [0, 0.1) is 19.7 Å². The van der Waals surface area contributed by atoms with Gasteiger partial charge >= 0.3 is 6.18 Å². The highest BCUT2D eigenvalue weighted by molar-refractivity contribution is 6.30. The maximum atomic E-state index is 13.5. The molecule has 0 saturated heterocycles. The van der Waals surface area contributed by atoms with E-state index in [0.29, 0.717) is 21.8 Å². The fourth-order valence-electron chi connectivity index (χ4n) is 3.13. The van der Waals surface area contributed by atoms with Gasteiger partial charge in [-0.15, -0.1) is 0 Å². The lowest BCUT2D eigenvalue weighted by Crippen LogP contribution is -2.15. The highest BCUT2D eigenvalue weighted by Gasteiger charge is 2.28. The van der Waals surface area contributed by atoms with Gasteiger partial charge in [-0.25, -0.2) is 4.39 Å². The molecule has 3 aromatic rings. The first-order chi connectivity index (χ1) is 16.0. The van der Waals surface area contributed by atoms with Gasteiger partial charge in [0.15, 0.2) is 5.75 Å². The first kappa shape index (κ1) is 25.2. The van der Waals surface area contributed by atoms with Gasteiger partial charge in [-0.05, 0) is 61.4 Å². The molecular weight excluding hydrogens is 472 g/mol. The molecule has 9 heteroatoms. The quantitative estimate of drug-likeness (QED) is 0.211. The van der Waals surface area contributed by atoms with E-state index in [2.05, 4.69) is 10.5 Å². The Balaban J connectivity index is 1.91. The van der Waals surface area contributed by atoms with Crippen LogP contribution >= 0.6 is 11.6 Å². The number of hydrogen-bond donors (Lipinski definition) is 1. The predicted molar refractivity (Wildman–Crippen MR) is 124 cm³/mol. The van der Waals surface area contributed by atoms with Crippen LogP contribution in [0.2, 0.25) is 5.02 Å². The molecule has 0 aliphatic heterocycles. The number of carbonyl (C=O) groups excluding carboxylic acids is 1. The van der Waals surface area contributed by atoms with Gasteiger partial charge in [0, 0.05) is 40.7 Å². The van der Waals surface area contributed by atoms with Gasteiger partial charge in [-0.2, -0.15) is 13.2 Å². The van der Waals surface area contributed by atoms with Crippen molar-refractivity contribution in [3.63, 3.8) is 0 Å². The molecule has 0 aliphatic carbocycles. The SMILES string of the molecule is Cc1cc(Cl)cc(O/N=C(\CCC(F)(F)F)c2ccc(C)c(NC(=O)c3cccc(F)c3)c2)c1. The van der Waals surface area contributed by atoms with Gasteiger partial charge in [0.05, 0.1) is 5.71 Å². The Kier molecular flexibility index (Phi) is 7.94. The minimum Gasteiger partial charge on any atom is -0.357 e. The molecule has 0 atom stereocenters. The Hall–Kier alpha value is -3.39. The first-order valence-electron chi connectivity index (χ1n) is 10.3. The van der Waals surface area contributed by atoms with Crippen LogP contribution in [0.25, 0.3) is 0 Å². The Morgan fingerprint density at radius 2 is 1.79 bits per heavy atom. The van der Waals surface area contributed by atoms with E-state index in [-0.39, 0.29) is 17.0 Å². The summed E-state index contributed by atoms with van der Waals surface area (Å²) in [6.45, 7) is 3.52. The lowest BCUT2D eigenvalue weighted by Gasteiger charge is -2.13. The maximum absolute atomic E-state index is 13.5. The van der Waals surface area contributed by atoms with Crippen molar-refractivity contribution in [1.82, 2.24) is 0 Å². The number of nitrogens with zero attached hydrogens (tertiary/aromatic N) is 1. The van der Waals surface area contributed by atoms with Gasteiger partial charge in [0.1, 0.15) is 5.82 Å². The second-order valence-electron chi connectivity index (χ2n) is 7.70. The van der Waals surface area contributed by atoms with E-state index in [1.165, 1.54) is 30.3 Å². The van der Waals surface area contributed by atoms with Crippen molar-refractivity contribution in [2.75, 3.05) is 5.32 Å². The Labute approximate surface area is 199 Å².